The Bertz CT molecular complexity index is 3360. The fraction of sp³-hybridized carbons (Fsp3) is 0. The molecule has 0 unspecified atom stereocenters. The number of aromatic nitrogens is 3. The fourth-order valence-electron chi connectivity index (χ4n) is 8.76. The van der Waals surface area contributed by atoms with Crippen molar-refractivity contribution in [2.45, 2.75) is 0 Å². The molecule has 0 radical (unpaired) electrons. The first-order valence-electron chi connectivity index (χ1n) is 18.3. The van der Waals surface area contributed by atoms with Crippen LogP contribution in [-0.4, -0.2) is 13.7 Å². The van der Waals surface area contributed by atoms with Crippen LogP contribution in [0.25, 0.3) is 93.6 Å². The van der Waals surface area contributed by atoms with Gasteiger partial charge in [-0.1, -0.05) is 91.0 Å². The Morgan fingerprint density at radius 3 is 1.45 bits per heavy atom. The Kier molecular flexibility index (Phi) is 6.61. The average molecular weight is 700 g/mol. The number of nitrogens with zero attached hydrogens (tertiary/aromatic N) is 5. The highest BCUT2D eigenvalue weighted by molar-refractivity contribution is 6.17. The van der Waals surface area contributed by atoms with Crippen LogP contribution in [0, 0.1) is 22.7 Å². The molecule has 11 aromatic rings. The predicted octanol–water partition coefficient (Wildman–Crippen LogP) is 12.4. The molecule has 55 heavy (non-hydrogen) atoms. The van der Waals surface area contributed by atoms with Crippen LogP contribution in [-0.2, 0) is 0 Å². The van der Waals surface area contributed by atoms with Gasteiger partial charge in [-0.2, -0.15) is 10.5 Å². The molecule has 0 N–H and O–H groups in total. The number of rotatable bonds is 4. The Morgan fingerprint density at radius 2 is 0.836 bits per heavy atom. The maximum atomic E-state index is 10.4. The molecule has 11 rings (SSSR count). The standard InChI is InChI=1S/C50H29N5/c51-30-32-23-24-47-42(27-32)50-48(21-10-22-49(50)55-45-19-7-3-15-40(45)41-16-4-8-20-46(41)55)54(47)37-26-33(31-52)25-35(29-37)34-11-9-12-36(28-34)53-43-17-5-1-13-38(43)39-14-2-6-18-44(39)53/h1-29H. The number of hydrogen-bond acceptors (Lipinski definition) is 2. The lowest BCUT2D eigenvalue weighted by molar-refractivity contribution is 1.16. The third-order valence-corrected chi connectivity index (χ3v) is 11.0. The molecule has 0 atom stereocenters. The number of nitriles is 2. The van der Waals surface area contributed by atoms with E-state index in [9.17, 15) is 10.5 Å². The van der Waals surface area contributed by atoms with Crippen LogP contribution in [0.2, 0.25) is 0 Å². The minimum atomic E-state index is 0.567. The van der Waals surface area contributed by atoms with E-state index in [-0.39, 0.29) is 0 Å². The van der Waals surface area contributed by atoms with Crippen LogP contribution in [0.1, 0.15) is 11.1 Å². The zero-order valence-electron chi connectivity index (χ0n) is 29.5. The molecular weight excluding hydrogens is 671 g/mol. The third kappa shape index (κ3) is 4.51. The van der Waals surface area contributed by atoms with E-state index in [1.54, 1.807) is 0 Å². The van der Waals surface area contributed by atoms with Crippen molar-refractivity contribution in [2.75, 3.05) is 0 Å². The van der Waals surface area contributed by atoms with Crippen LogP contribution in [0.4, 0.5) is 0 Å². The van der Waals surface area contributed by atoms with Crippen molar-refractivity contribution in [3.8, 4) is 40.3 Å². The van der Waals surface area contributed by atoms with E-state index in [0.717, 1.165) is 72.1 Å². The second-order valence-corrected chi connectivity index (χ2v) is 14.0. The monoisotopic (exact) mass is 699 g/mol. The van der Waals surface area contributed by atoms with Gasteiger partial charge in [-0.25, -0.2) is 0 Å². The smallest absolute Gasteiger partial charge is 0.0992 e. The summed E-state index contributed by atoms with van der Waals surface area (Å²) in [5.74, 6) is 0. The molecule has 5 nitrogen and oxygen atoms in total. The second kappa shape index (κ2) is 11.8. The largest absolute Gasteiger partial charge is 0.309 e. The molecule has 0 aliphatic carbocycles. The van der Waals surface area contributed by atoms with Crippen LogP contribution in [0.15, 0.2) is 176 Å². The third-order valence-electron chi connectivity index (χ3n) is 11.0. The topological polar surface area (TPSA) is 62.4 Å². The molecule has 3 aromatic heterocycles. The normalized spacial score (nSPS) is 11.6. The van der Waals surface area contributed by atoms with Crippen LogP contribution < -0.4 is 0 Å². The van der Waals surface area contributed by atoms with E-state index in [2.05, 4.69) is 171 Å². The fourth-order valence-corrected chi connectivity index (χ4v) is 8.76. The SMILES string of the molecule is N#Cc1cc(-c2cccc(-n3c4ccccc4c4ccccc43)c2)cc(-n2c3ccc(C#N)cc3c3c(-n4c5ccccc5c5ccccc54)cccc32)c1. The van der Waals surface area contributed by atoms with Crippen LogP contribution >= 0.6 is 0 Å². The molecule has 0 aliphatic heterocycles. The van der Waals surface area contributed by atoms with Crippen LogP contribution in [0.3, 0.4) is 0 Å². The van der Waals surface area contributed by atoms with E-state index >= 15 is 0 Å². The van der Waals surface area contributed by atoms with Crippen molar-refractivity contribution in [2.24, 2.45) is 0 Å². The van der Waals surface area contributed by atoms with Crippen LogP contribution in [0.5, 0.6) is 0 Å². The summed E-state index contributed by atoms with van der Waals surface area (Å²) in [6.07, 6.45) is 0. The van der Waals surface area contributed by atoms with Gasteiger partial charge < -0.3 is 13.7 Å². The summed E-state index contributed by atoms with van der Waals surface area (Å²) in [4.78, 5) is 0. The maximum absolute atomic E-state index is 10.4. The summed E-state index contributed by atoms with van der Waals surface area (Å²) >= 11 is 0. The van der Waals surface area contributed by atoms with Gasteiger partial charge in [0, 0.05) is 43.7 Å². The van der Waals surface area contributed by atoms with Crippen molar-refractivity contribution in [1.29, 1.82) is 10.5 Å². The van der Waals surface area contributed by atoms with Gasteiger partial charge in [0.2, 0.25) is 0 Å². The summed E-state index contributed by atoms with van der Waals surface area (Å²) in [6, 6.07) is 65.9. The molecule has 0 aliphatic rings. The summed E-state index contributed by atoms with van der Waals surface area (Å²) in [5.41, 5.74) is 12.5. The minimum Gasteiger partial charge on any atom is -0.309 e. The Balaban J connectivity index is 1.16. The lowest BCUT2D eigenvalue weighted by Crippen LogP contribution is -1.98. The molecule has 8 aromatic carbocycles. The number of fused-ring (bicyclic) bond motifs is 9. The highest BCUT2D eigenvalue weighted by Crippen LogP contribution is 2.41. The zero-order chi connectivity index (χ0) is 36.6. The predicted molar refractivity (Wildman–Crippen MR) is 224 cm³/mol. The molecule has 0 amide bonds. The highest BCUT2D eigenvalue weighted by Gasteiger charge is 2.21. The first-order chi connectivity index (χ1) is 27.2. The van der Waals surface area contributed by atoms with E-state index in [4.69, 9.17) is 0 Å². The van der Waals surface area contributed by atoms with E-state index < -0.39 is 0 Å². The first kappa shape index (κ1) is 30.7. The maximum Gasteiger partial charge on any atom is 0.0992 e. The number of para-hydroxylation sites is 4. The summed E-state index contributed by atoms with van der Waals surface area (Å²) in [5, 5.41) is 27.3. The molecule has 3 heterocycles. The van der Waals surface area contributed by atoms with Gasteiger partial charge >= 0.3 is 0 Å². The summed E-state index contributed by atoms with van der Waals surface area (Å²) < 4.78 is 6.90. The molecule has 254 valence electrons. The van der Waals surface area contributed by atoms with Crippen molar-refractivity contribution < 1.29 is 0 Å². The van der Waals surface area contributed by atoms with Gasteiger partial charge in [0.15, 0.2) is 0 Å². The second-order valence-electron chi connectivity index (χ2n) is 14.0. The Labute approximate surface area is 316 Å². The quantitative estimate of drug-likeness (QED) is 0.184. The van der Waals surface area contributed by atoms with Gasteiger partial charge in [0.1, 0.15) is 0 Å². The van der Waals surface area contributed by atoms with E-state index in [1.807, 2.05) is 30.3 Å². The summed E-state index contributed by atoms with van der Waals surface area (Å²) in [7, 11) is 0. The molecule has 0 saturated heterocycles. The van der Waals surface area contributed by atoms with Gasteiger partial charge in [-0.3, -0.25) is 0 Å². The first-order valence-corrected chi connectivity index (χ1v) is 18.3. The van der Waals surface area contributed by atoms with E-state index in [1.165, 1.54) is 21.5 Å². The van der Waals surface area contributed by atoms with Crippen molar-refractivity contribution >= 4 is 65.4 Å². The van der Waals surface area contributed by atoms with Crippen molar-refractivity contribution in [3.63, 3.8) is 0 Å². The van der Waals surface area contributed by atoms with Gasteiger partial charge in [-0.05, 0) is 96.1 Å². The van der Waals surface area contributed by atoms with Crippen molar-refractivity contribution in [1.82, 2.24) is 13.7 Å². The lowest BCUT2D eigenvalue weighted by atomic mass is 10.0. The molecule has 0 saturated carbocycles. The van der Waals surface area contributed by atoms with Gasteiger partial charge in [0.05, 0.1) is 62.1 Å². The summed E-state index contributed by atoms with van der Waals surface area (Å²) in [6.45, 7) is 0. The zero-order valence-corrected chi connectivity index (χ0v) is 29.5. The lowest BCUT2D eigenvalue weighted by Gasteiger charge is -2.14. The number of benzene rings is 8. The average Bonchev–Trinajstić information content (AvgIpc) is 3.89. The van der Waals surface area contributed by atoms with E-state index in [0.29, 0.717) is 11.1 Å². The molecule has 5 heteroatoms. The van der Waals surface area contributed by atoms with Gasteiger partial charge in [-0.15, -0.1) is 0 Å². The molecule has 0 fully saturated rings. The molecular formula is C50H29N5. The molecule has 0 bridgehead atoms. The van der Waals surface area contributed by atoms with Gasteiger partial charge in [0.25, 0.3) is 0 Å². The highest BCUT2D eigenvalue weighted by atomic mass is 15.0. The molecule has 0 spiro atoms. The minimum absolute atomic E-state index is 0.567. The Morgan fingerprint density at radius 1 is 0.327 bits per heavy atom. The Hall–Kier alpha value is -7.86. The van der Waals surface area contributed by atoms with Crippen molar-refractivity contribution in [3.05, 3.63) is 187 Å². The number of hydrogen-bond donors (Lipinski definition) is 0.